The van der Waals surface area contributed by atoms with Gasteiger partial charge < -0.3 is 21.1 Å². The molecule has 2 fully saturated rings. The molecular formula is C28H34FN3O4. The summed E-state index contributed by atoms with van der Waals surface area (Å²) in [6.07, 6.45) is 4.86. The molecule has 3 atom stereocenters. The number of carbonyl (C=O) groups excluding carboxylic acids is 2. The zero-order valence-corrected chi connectivity index (χ0v) is 20.5. The van der Waals surface area contributed by atoms with E-state index in [0.717, 1.165) is 43.7 Å². The molecule has 36 heavy (non-hydrogen) atoms. The van der Waals surface area contributed by atoms with E-state index in [0.29, 0.717) is 18.9 Å². The Morgan fingerprint density at radius 1 is 1.08 bits per heavy atom. The fourth-order valence-corrected chi connectivity index (χ4v) is 5.73. The van der Waals surface area contributed by atoms with Crippen molar-refractivity contribution >= 4 is 23.5 Å². The fraction of sp³-hybridized carbons (Fsp3) is 0.464. The maximum atomic E-state index is 14.6. The number of anilines is 1. The first-order valence-corrected chi connectivity index (χ1v) is 12.7. The lowest BCUT2D eigenvalue weighted by atomic mass is 9.77. The van der Waals surface area contributed by atoms with Crippen molar-refractivity contribution in [3.05, 3.63) is 65.5 Å². The van der Waals surface area contributed by atoms with Crippen LogP contribution in [0.1, 0.15) is 67.3 Å². The maximum Gasteiger partial charge on any atom is 0.335 e. The van der Waals surface area contributed by atoms with Crippen LogP contribution in [0.15, 0.2) is 48.5 Å². The zero-order valence-electron chi connectivity index (χ0n) is 20.5. The van der Waals surface area contributed by atoms with E-state index in [9.17, 15) is 18.8 Å². The molecular weight excluding hydrogens is 461 g/mol. The lowest BCUT2D eigenvalue weighted by molar-refractivity contribution is -0.141. The first-order valence-electron chi connectivity index (χ1n) is 12.7. The number of carboxylic acids is 1. The van der Waals surface area contributed by atoms with Crippen LogP contribution < -0.4 is 11.1 Å². The summed E-state index contributed by atoms with van der Waals surface area (Å²) in [7, 11) is 0. The molecule has 1 aliphatic carbocycles. The molecule has 1 saturated heterocycles. The molecule has 2 aromatic carbocycles. The molecule has 1 heterocycles. The molecule has 0 aromatic heterocycles. The largest absolute Gasteiger partial charge is 0.478 e. The highest BCUT2D eigenvalue weighted by Gasteiger charge is 2.44. The highest BCUT2D eigenvalue weighted by Crippen LogP contribution is 2.38. The third-order valence-corrected chi connectivity index (χ3v) is 7.85. The molecule has 1 aliphatic heterocycles. The fourth-order valence-electron chi connectivity index (χ4n) is 5.73. The number of aromatic carboxylic acids is 1. The van der Waals surface area contributed by atoms with Gasteiger partial charge >= 0.3 is 5.97 Å². The van der Waals surface area contributed by atoms with E-state index < -0.39 is 23.7 Å². The third-order valence-electron chi connectivity index (χ3n) is 7.85. The minimum Gasteiger partial charge on any atom is -0.478 e. The summed E-state index contributed by atoms with van der Waals surface area (Å²) in [6, 6.07) is 12.3. The predicted molar refractivity (Wildman–Crippen MR) is 135 cm³/mol. The summed E-state index contributed by atoms with van der Waals surface area (Å²) in [5.74, 6) is -2.54. The monoisotopic (exact) mass is 495 g/mol. The summed E-state index contributed by atoms with van der Waals surface area (Å²) < 4.78 is 14.6. The highest BCUT2D eigenvalue weighted by molar-refractivity contribution is 5.99. The lowest BCUT2D eigenvalue weighted by Gasteiger charge is -2.35. The Kier molecular flexibility index (Phi) is 8.04. The van der Waals surface area contributed by atoms with Gasteiger partial charge in [0.25, 0.3) is 0 Å². The lowest BCUT2D eigenvalue weighted by Crippen LogP contribution is -2.48. The molecule has 7 nitrogen and oxygen atoms in total. The van der Waals surface area contributed by atoms with Gasteiger partial charge in [-0.3, -0.25) is 9.59 Å². The Hall–Kier alpha value is -3.26. The van der Waals surface area contributed by atoms with Crippen LogP contribution in [-0.4, -0.2) is 46.4 Å². The van der Waals surface area contributed by atoms with Crippen molar-refractivity contribution in [1.29, 1.82) is 0 Å². The van der Waals surface area contributed by atoms with Crippen molar-refractivity contribution in [2.45, 2.75) is 63.5 Å². The van der Waals surface area contributed by atoms with Gasteiger partial charge in [0.2, 0.25) is 11.8 Å². The first-order chi connectivity index (χ1) is 17.3. The number of benzene rings is 2. The SMILES string of the molecule is CCC(N)C1CCC(C(=O)N2CC[C@H](c3ccccc3)[C@H]2C(=O)Nc2ccc(C(=O)O)cc2F)CC1. The van der Waals surface area contributed by atoms with Gasteiger partial charge in [0.1, 0.15) is 11.9 Å². The van der Waals surface area contributed by atoms with E-state index in [2.05, 4.69) is 12.2 Å². The topological polar surface area (TPSA) is 113 Å². The second-order valence-electron chi connectivity index (χ2n) is 9.96. The zero-order chi connectivity index (χ0) is 25.8. The first kappa shape index (κ1) is 25.8. The molecule has 2 aliphatic rings. The maximum absolute atomic E-state index is 14.6. The van der Waals surface area contributed by atoms with Crippen molar-refractivity contribution < 1.29 is 23.9 Å². The summed E-state index contributed by atoms with van der Waals surface area (Å²) in [5.41, 5.74) is 6.88. The Morgan fingerprint density at radius 2 is 1.78 bits per heavy atom. The van der Waals surface area contributed by atoms with Crippen LogP contribution in [0.3, 0.4) is 0 Å². The van der Waals surface area contributed by atoms with Crippen molar-refractivity contribution in [3.8, 4) is 0 Å². The van der Waals surface area contributed by atoms with Crippen molar-refractivity contribution in [2.24, 2.45) is 17.6 Å². The minimum absolute atomic E-state index is 0.0289. The van der Waals surface area contributed by atoms with Gasteiger partial charge in [0, 0.05) is 24.4 Å². The number of nitrogens with two attached hydrogens (primary N) is 1. The Bertz CT molecular complexity index is 1100. The number of carbonyl (C=O) groups is 3. The highest BCUT2D eigenvalue weighted by atomic mass is 19.1. The Morgan fingerprint density at radius 3 is 2.39 bits per heavy atom. The van der Waals surface area contributed by atoms with E-state index in [1.54, 1.807) is 4.90 Å². The van der Waals surface area contributed by atoms with E-state index in [4.69, 9.17) is 10.8 Å². The molecule has 4 rings (SSSR count). The minimum atomic E-state index is -1.25. The van der Waals surface area contributed by atoms with Gasteiger partial charge in [-0.1, -0.05) is 37.3 Å². The second kappa shape index (κ2) is 11.2. The normalized spacial score (nSPS) is 24.8. The molecule has 192 valence electrons. The van der Waals surface area contributed by atoms with E-state index in [-0.39, 0.29) is 35.0 Å². The van der Waals surface area contributed by atoms with Crippen LogP contribution in [-0.2, 0) is 9.59 Å². The molecule has 0 bridgehead atoms. The van der Waals surface area contributed by atoms with E-state index in [1.807, 2.05) is 30.3 Å². The van der Waals surface area contributed by atoms with Crippen molar-refractivity contribution in [2.75, 3.05) is 11.9 Å². The smallest absolute Gasteiger partial charge is 0.335 e. The number of nitrogens with zero attached hydrogens (tertiary/aromatic N) is 1. The van der Waals surface area contributed by atoms with Crippen LogP contribution >= 0.6 is 0 Å². The number of hydrogen-bond acceptors (Lipinski definition) is 4. The molecule has 1 unspecified atom stereocenters. The number of likely N-dealkylation sites (tertiary alicyclic amines) is 1. The van der Waals surface area contributed by atoms with Crippen molar-refractivity contribution in [1.82, 2.24) is 4.90 Å². The molecule has 2 amide bonds. The molecule has 8 heteroatoms. The number of nitrogens with one attached hydrogen (secondary N) is 1. The molecule has 4 N–H and O–H groups in total. The van der Waals surface area contributed by atoms with Crippen LogP contribution in [0.4, 0.5) is 10.1 Å². The molecule has 0 radical (unpaired) electrons. The van der Waals surface area contributed by atoms with Crippen LogP contribution in [0.25, 0.3) is 0 Å². The molecule has 2 aromatic rings. The summed E-state index contributed by atoms with van der Waals surface area (Å²) in [6.45, 7) is 2.53. The van der Waals surface area contributed by atoms with Gasteiger partial charge in [0.15, 0.2) is 0 Å². The standard InChI is InChI=1S/C28H34FN3O4/c1-2-23(30)18-8-10-19(11-9-18)27(34)32-15-14-21(17-6-4-3-5-7-17)25(32)26(33)31-24-13-12-20(28(35)36)16-22(24)29/h3-7,12-13,16,18-19,21,23,25H,2,8-11,14-15,30H2,1H3,(H,31,33)(H,35,36)/t18?,19?,21-,23?,25+/m1/s1. The van der Waals surface area contributed by atoms with Crippen LogP contribution in [0.2, 0.25) is 0 Å². The van der Waals surface area contributed by atoms with E-state index >= 15 is 0 Å². The Balaban J connectivity index is 1.55. The number of hydrogen-bond donors (Lipinski definition) is 3. The molecule has 0 spiro atoms. The summed E-state index contributed by atoms with van der Waals surface area (Å²) in [4.78, 5) is 40.0. The number of carboxylic acid groups (broad SMARTS) is 1. The van der Waals surface area contributed by atoms with Crippen molar-refractivity contribution in [3.63, 3.8) is 0 Å². The number of amides is 2. The summed E-state index contributed by atoms with van der Waals surface area (Å²) in [5, 5.41) is 11.7. The third kappa shape index (κ3) is 5.43. The van der Waals surface area contributed by atoms with Gasteiger partial charge in [-0.15, -0.1) is 0 Å². The quantitative estimate of drug-likeness (QED) is 0.527. The number of halogens is 1. The van der Waals surface area contributed by atoms with E-state index in [1.165, 1.54) is 12.1 Å². The van der Waals surface area contributed by atoms with Gasteiger partial charge in [0.05, 0.1) is 11.3 Å². The van der Waals surface area contributed by atoms with Crippen LogP contribution in [0, 0.1) is 17.7 Å². The molecule has 1 saturated carbocycles. The van der Waals surface area contributed by atoms with Gasteiger partial charge in [-0.05, 0) is 68.2 Å². The average Bonchev–Trinajstić information content (AvgIpc) is 3.35. The average molecular weight is 496 g/mol. The van der Waals surface area contributed by atoms with Crippen LogP contribution in [0.5, 0.6) is 0 Å². The second-order valence-corrected chi connectivity index (χ2v) is 9.96. The Labute approximate surface area is 210 Å². The van der Waals surface area contributed by atoms with Gasteiger partial charge in [-0.2, -0.15) is 0 Å². The summed E-state index contributed by atoms with van der Waals surface area (Å²) >= 11 is 0. The predicted octanol–water partition coefficient (Wildman–Crippen LogP) is 4.39. The van der Waals surface area contributed by atoms with Gasteiger partial charge in [-0.25, -0.2) is 9.18 Å². The number of rotatable bonds is 7.